The second-order valence-electron chi connectivity index (χ2n) is 5.21. The zero-order valence-electron chi connectivity index (χ0n) is 11.6. The van der Waals surface area contributed by atoms with Crippen LogP contribution < -0.4 is 5.32 Å². The van der Waals surface area contributed by atoms with Gasteiger partial charge in [0.2, 0.25) is 0 Å². The van der Waals surface area contributed by atoms with Crippen molar-refractivity contribution in [1.82, 2.24) is 0 Å². The largest absolute Gasteiger partial charge is 0.451 e. The Labute approximate surface area is 146 Å². The summed E-state index contributed by atoms with van der Waals surface area (Å²) in [6, 6.07) is 10.5. The van der Waals surface area contributed by atoms with Crippen LogP contribution in [0.25, 0.3) is 0 Å². The summed E-state index contributed by atoms with van der Waals surface area (Å²) in [6.07, 6.45) is 5.44. The third kappa shape index (κ3) is 4.08. The van der Waals surface area contributed by atoms with E-state index in [1.165, 1.54) is 36.3 Å². The molecule has 2 aromatic rings. The average Bonchev–Trinajstić information content (AvgIpc) is 3.09. The number of hydrogen-bond donors (Lipinski definition) is 1. The number of thioether (sulfide) groups is 1. The Morgan fingerprint density at radius 1 is 1.19 bits per heavy atom. The standard InChI is InChI=1S/C16H17Br2NOS/c17-13-9-11(20-16(13)18)10-19-14-7-3-4-8-15(14)21-12-5-1-2-6-12/h3-4,7-9,12,19H,1-2,5-6,10H2. The van der Waals surface area contributed by atoms with Crippen molar-refractivity contribution in [3.05, 3.63) is 45.2 Å². The maximum atomic E-state index is 5.61. The fourth-order valence-corrected chi connectivity index (χ4v) is 4.57. The highest BCUT2D eigenvalue weighted by Gasteiger charge is 2.17. The van der Waals surface area contributed by atoms with Gasteiger partial charge >= 0.3 is 0 Å². The van der Waals surface area contributed by atoms with Crippen LogP contribution in [0.15, 0.2) is 48.8 Å². The summed E-state index contributed by atoms with van der Waals surface area (Å²) in [7, 11) is 0. The molecule has 0 atom stereocenters. The molecule has 1 fully saturated rings. The molecular weight excluding hydrogens is 414 g/mol. The molecule has 5 heteroatoms. The summed E-state index contributed by atoms with van der Waals surface area (Å²) >= 11 is 8.82. The number of benzene rings is 1. The van der Waals surface area contributed by atoms with E-state index in [0.29, 0.717) is 6.54 Å². The average molecular weight is 431 g/mol. The minimum atomic E-state index is 0.687. The molecule has 21 heavy (non-hydrogen) atoms. The van der Waals surface area contributed by atoms with E-state index >= 15 is 0 Å². The predicted octanol–water partition coefficient (Wildman–Crippen LogP) is 6.45. The molecule has 1 aromatic heterocycles. The second kappa shape index (κ2) is 7.25. The first-order chi connectivity index (χ1) is 10.2. The molecule has 0 radical (unpaired) electrons. The summed E-state index contributed by atoms with van der Waals surface area (Å²) in [4.78, 5) is 1.34. The molecule has 0 bridgehead atoms. The fourth-order valence-electron chi connectivity index (χ4n) is 2.56. The van der Waals surface area contributed by atoms with Gasteiger partial charge < -0.3 is 9.73 Å². The Hall–Kier alpha value is -0.390. The minimum Gasteiger partial charge on any atom is -0.451 e. The van der Waals surface area contributed by atoms with E-state index < -0.39 is 0 Å². The molecule has 0 spiro atoms. The minimum absolute atomic E-state index is 0.687. The molecule has 2 nitrogen and oxygen atoms in total. The highest BCUT2D eigenvalue weighted by atomic mass is 79.9. The maximum Gasteiger partial charge on any atom is 0.183 e. The number of halogens is 2. The van der Waals surface area contributed by atoms with E-state index in [0.717, 1.165) is 20.2 Å². The van der Waals surface area contributed by atoms with Crippen LogP contribution in [0.5, 0.6) is 0 Å². The molecule has 1 saturated carbocycles. The van der Waals surface area contributed by atoms with Gasteiger partial charge in [-0.3, -0.25) is 0 Å². The number of nitrogens with one attached hydrogen (secondary N) is 1. The summed E-state index contributed by atoms with van der Waals surface area (Å²) < 4.78 is 7.31. The molecule has 0 aliphatic heterocycles. The second-order valence-corrected chi connectivity index (χ2v) is 8.13. The van der Waals surface area contributed by atoms with E-state index in [-0.39, 0.29) is 0 Å². The van der Waals surface area contributed by atoms with Gasteiger partial charge in [0.1, 0.15) is 5.76 Å². The first kappa shape index (κ1) is 15.5. The molecule has 0 saturated heterocycles. The van der Waals surface area contributed by atoms with Crippen LogP contribution in [0.4, 0.5) is 5.69 Å². The van der Waals surface area contributed by atoms with Gasteiger partial charge in [-0.2, -0.15) is 0 Å². The Bertz CT molecular complexity index is 589. The van der Waals surface area contributed by atoms with E-state index in [4.69, 9.17) is 4.42 Å². The highest BCUT2D eigenvalue weighted by Crippen LogP contribution is 2.38. The molecule has 1 aliphatic carbocycles. The zero-order chi connectivity index (χ0) is 14.7. The number of anilines is 1. The van der Waals surface area contributed by atoms with E-state index in [1.54, 1.807) is 0 Å². The molecule has 0 amide bonds. The molecule has 1 N–H and O–H groups in total. The highest BCUT2D eigenvalue weighted by molar-refractivity contribution is 9.13. The lowest BCUT2D eigenvalue weighted by molar-refractivity contribution is 0.494. The van der Waals surface area contributed by atoms with Crippen LogP contribution in [0.3, 0.4) is 0 Å². The van der Waals surface area contributed by atoms with Crippen molar-refractivity contribution in [1.29, 1.82) is 0 Å². The molecule has 3 rings (SSSR count). The van der Waals surface area contributed by atoms with Gasteiger partial charge in [-0.15, -0.1) is 11.8 Å². The van der Waals surface area contributed by atoms with Gasteiger partial charge in [-0.1, -0.05) is 25.0 Å². The Balaban J connectivity index is 1.66. The Morgan fingerprint density at radius 3 is 2.67 bits per heavy atom. The number of rotatable bonds is 5. The Morgan fingerprint density at radius 2 is 1.95 bits per heavy atom. The number of hydrogen-bond acceptors (Lipinski definition) is 3. The van der Waals surface area contributed by atoms with Gasteiger partial charge in [0.15, 0.2) is 4.67 Å². The monoisotopic (exact) mass is 429 g/mol. The quantitative estimate of drug-likeness (QED) is 0.589. The first-order valence-electron chi connectivity index (χ1n) is 7.15. The zero-order valence-corrected chi connectivity index (χ0v) is 15.6. The van der Waals surface area contributed by atoms with Gasteiger partial charge in [-0.05, 0) is 62.9 Å². The van der Waals surface area contributed by atoms with E-state index in [2.05, 4.69) is 61.4 Å². The fraction of sp³-hybridized carbons (Fsp3) is 0.375. The summed E-state index contributed by atoms with van der Waals surface area (Å²) in [5.74, 6) is 0.911. The predicted molar refractivity (Wildman–Crippen MR) is 96.0 cm³/mol. The molecule has 112 valence electrons. The normalized spacial score (nSPS) is 15.5. The number of para-hydroxylation sites is 1. The van der Waals surface area contributed by atoms with Gasteiger partial charge in [0, 0.05) is 15.8 Å². The van der Waals surface area contributed by atoms with Crippen molar-refractivity contribution in [2.45, 2.75) is 42.4 Å². The van der Waals surface area contributed by atoms with Crippen molar-refractivity contribution < 1.29 is 4.42 Å². The van der Waals surface area contributed by atoms with E-state index in [1.807, 2.05) is 17.8 Å². The molecular formula is C16H17Br2NOS. The van der Waals surface area contributed by atoms with Crippen LogP contribution in [0.2, 0.25) is 0 Å². The molecule has 1 aromatic carbocycles. The van der Waals surface area contributed by atoms with Crippen LogP contribution in [0, 0.1) is 0 Å². The first-order valence-corrected chi connectivity index (χ1v) is 9.62. The smallest absolute Gasteiger partial charge is 0.183 e. The third-order valence-corrected chi connectivity index (χ3v) is 6.76. The van der Waals surface area contributed by atoms with Gasteiger partial charge in [0.25, 0.3) is 0 Å². The van der Waals surface area contributed by atoms with Gasteiger partial charge in [0.05, 0.1) is 11.0 Å². The van der Waals surface area contributed by atoms with Crippen molar-refractivity contribution >= 4 is 49.3 Å². The van der Waals surface area contributed by atoms with Crippen molar-refractivity contribution in [2.24, 2.45) is 0 Å². The van der Waals surface area contributed by atoms with Crippen LogP contribution >= 0.6 is 43.6 Å². The topological polar surface area (TPSA) is 25.2 Å². The van der Waals surface area contributed by atoms with Crippen LogP contribution in [0.1, 0.15) is 31.4 Å². The molecule has 0 unspecified atom stereocenters. The van der Waals surface area contributed by atoms with Crippen LogP contribution in [-0.2, 0) is 6.54 Å². The molecule has 1 aliphatic rings. The third-order valence-electron chi connectivity index (χ3n) is 3.63. The molecule has 1 heterocycles. The van der Waals surface area contributed by atoms with Crippen molar-refractivity contribution in [3.63, 3.8) is 0 Å². The Kier molecular flexibility index (Phi) is 5.35. The van der Waals surface area contributed by atoms with Crippen molar-refractivity contribution in [3.8, 4) is 0 Å². The lowest BCUT2D eigenvalue weighted by atomic mass is 10.3. The summed E-state index contributed by atoms with van der Waals surface area (Å²) in [6.45, 7) is 0.687. The van der Waals surface area contributed by atoms with Crippen molar-refractivity contribution in [2.75, 3.05) is 5.32 Å². The van der Waals surface area contributed by atoms with Crippen LogP contribution in [-0.4, -0.2) is 5.25 Å². The maximum absolute atomic E-state index is 5.61. The number of furan rings is 1. The summed E-state index contributed by atoms with van der Waals surface area (Å²) in [5, 5.41) is 4.27. The van der Waals surface area contributed by atoms with Gasteiger partial charge in [-0.25, -0.2) is 0 Å². The summed E-state index contributed by atoms with van der Waals surface area (Å²) in [5.41, 5.74) is 1.19. The SMILES string of the molecule is Brc1cc(CNc2ccccc2SC2CCCC2)oc1Br. The van der Waals surface area contributed by atoms with E-state index in [9.17, 15) is 0 Å². The lowest BCUT2D eigenvalue weighted by Gasteiger charge is -2.14. The lowest BCUT2D eigenvalue weighted by Crippen LogP contribution is -2.01.